The van der Waals surface area contributed by atoms with E-state index in [-0.39, 0.29) is 11.9 Å². The summed E-state index contributed by atoms with van der Waals surface area (Å²) in [6.07, 6.45) is 1.22. The van der Waals surface area contributed by atoms with Gasteiger partial charge in [0.2, 0.25) is 0 Å². The zero-order valence-electron chi connectivity index (χ0n) is 17.7. The highest BCUT2D eigenvalue weighted by Gasteiger charge is 2.24. The molecule has 0 spiro atoms. The van der Waals surface area contributed by atoms with Crippen LogP contribution in [0.5, 0.6) is 0 Å². The van der Waals surface area contributed by atoms with Crippen LogP contribution in [0.15, 0.2) is 54.6 Å². The fourth-order valence-electron chi connectivity index (χ4n) is 3.95. The van der Waals surface area contributed by atoms with Gasteiger partial charge in [-0.3, -0.25) is 9.69 Å². The quantitative estimate of drug-likeness (QED) is 0.691. The minimum atomic E-state index is -0.405. The Morgan fingerprint density at radius 2 is 1.84 bits per heavy atom. The molecule has 2 saturated heterocycles. The maximum atomic E-state index is 12.4. The van der Waals surface area contributed by atoms with E-state index in [0.29, 0.717) is 31.0 Å². The maximum absolute atomic E-state index is 12.4. The van der Waals surface area contributed by atoms with E-state index < -0.39 is 6.10 Å². The van der Waals surface area contributed by atoms with Crippen LogP contribution >= 0.6 is 0 Å². The lowest BCUT2D eigenvalue weighted by atomic mass is 10.2. The van der Waals surface area contributed by atoms with Crippen molar-refractivity contribution in [1.82, 2.24) is 4.90 Å². The summed E-state index contributed by atoms with van der Waals surface area (Å²) in [7, 11) is 0. The molecule has 0 bridgehead atoms. The summed E-state index contributed by atoms with van der Waals surface area (Å²) in [5.74, 6) is -0.547. The van der Waals surface area contributed by atoms with Crippen LogP contribution in [0.1, 0.15) is 23.2 Å². The van der Waals surface area contributed by atoms with Crippen molar-refractivity contribution in [3.8, 4) is 0 Å². The number of benzene rings is 2. The van der Waals surface area contributed by atoms with Crippen molar-refractivity contribution in [2.45, 2.75) is 18.9 Å². The second-order valence-corrected chi connectivity index (χ2v) is 7.87. The van der Waals surface area contributed by atoms with Crippen LogP contribution in [-0.4, -0.2) is 68.8 Å². The minimum absolute atomic E-state index is 0.169. The van der Waals surface area contributed by atoms with Gasteiger partial charge in [0.25, 0.3) is 5.91 Å². The summed E-state index contributed by atoms with van der Waals surface area (Å²) < 4.78 is 10.9. The van der Waals surface area contributed by atoms with Crippen LogP contribution in [0.2, 0.25) is 0 Å². The standard InChI is InChI=1S/C24H29N3O4/c28-23(22-10-5-16-30-22)25-20-7-4-6-19(18-20)24(29)31-17-15-26-11-13-27(14-12-26)21-8-2-1-3-9-21/h1-4,6-9,18,22H,5,10-17H2,(H,25,28). The molecule has 2 aliphatic rings. The van der Waals surface area contributed by atoms with Crippen molar-refractivity contribution < 1.29 is 19.1 Å². The highest BCUT2D eigenvalue weighted by molar-refractivity contribution is 5.96. The largest absolute Gasteiger partial charge is 0.461 e. The monoisotopic (exact) mass is 423 g/mol. The molecule has 2 heterocycles. The highest BCUT2D eigenvalue weighted by Crippen LogP contribution is 2.17. The number of ether oxygens (including phenoxy) is 2. The Labute approximate surface area is 182 Å². The zero-order chi connectivity index (χ0) is 21.5. The van der Waals surface area contributed by atoms with Gasteiger partial charge in [-0.15, -0.1) is 0 Å². The molecule has 0 aromatic heterocycles. The first kappa shape index (κ1) is 21.3. The Hall–Kier alpha value is -2.90. The van der Waals surface area contributed by atoms with Crippen LogP contribution in [0.4, 0.5) is 11.4 Å². The van der Waals surface area contributed by atoms with Gasteiger partial charge >= 0.3 is 5.97 Å². The molecule has 0 saturated carbocycles. The average Bonchev–Trinajstić information content (AvgIpc) is 3.36. The molecular weight excluding hydrogens is 394 g/mol. The maximum Gasteiger partial charge on any atom is 0.338 e. The van der Waals surface area contributed by atoms with Crippen molar-refractivity contribution in [3.63, 3.8) is 0 Å². The second kappa shape index (κ2) is 10.4. The van der Waals surface area contributed by atoms with E-state index in [1.54, 1.807) is 24.3 Å². The number of hydrogen-bond acceptors (Lipinski definition) is 6. The fraction of sp³-hybridized carbons (Fsp3) is 0.417. The predicted octanol–water partition coefficient (Wildman–Crippen LogP) is 2.78. The molecule has 2 aromatic rings. The lowest BCUT2D eigenvalue weighted by Gasteiger charge is -2.35. The molecule has 2 aliphatic heterocycles. The van der Waals surface area contributed by atoms with Gasteiger partial charge in [0.15, 0.2) is 0 Å². The van der Waals surface area contributed by atoms with Crippen molar-refractivity contribution >= 4 is 23.3 Å². The van der Waals surface area contributed by atoms with Crippen molar-refractivity contribution in [1.29, 1.82) is 0 Å². The number of anilines is 2. The molecule has 7 nitrogen and oxygen atoms in total. The molecule has 0 aliphatic carbocycles. The van der Waals surface area contributed by atoms with Crippen LogP contribution in [0, 0.1) is 0 Å². The highest BCUT2D eigenvalue weighted by atomic mass is 16.5. The Kier molecular flexibility index (Phi) is 7.17. The SMILES string of the molecule is O=C(OCCN1CCN(c2ccccc2)CC1)c1cccc(NC(=O)C2CCCO2)c1. The Balaban J connectivity index is 1.20. The molecule has 1 N–H and O–H groups in total. The summed E-state index contributed by atoms with van der Waals surface area (Å²) >= 11 is 0. The number of carbonyl (C=O) groups is 2. The number of nitrogens with zero attached hydrogens (tertiary/aromatic N) is 2. The Bertz CT molecular complexity index is 875. The predicted molar refractivity (Wildman–Crippen MR) is 119 cm³/mol. The van der Waals surface area contributed by atoms with Crippen LogP contribution in [-0.2, 0) is 14.3 Å². The minimum Gasteiger partial charge on any atom is -0.461 e. The number of hydrogen-bond donors (Lipinski definition) is 1. The lowest BCUT2D eigenvalue weighted by Crippen LogP contribution is -2.47. The zero-order valence-corrected chi connectivity index (χ0v) is 17.7. The smallest absolute Gasteiger partial charge is 0.338 e. The topological polar surface area (TPSA) is 71.1 Å². The van der Waals surface area contributed by atoms with Gasteiger partial charge in [0.1, 0.15) is 12.7 Å². The van der Waals surface area contributed by atoms with Gasteiger partial charge in [-0.25, -0.2) is 4.79 Å². The van der Waals surface area contributed by atoms with Gasteiger partial charge in [-0.1, -0.05) is 24.3 Å². The van der Waals surface area contributed by atoms with E-state index in [2.05, 4.69) is 39.4 Å². The molecule has 164 valence electrons. The molecule has 2 fully saturated rings. The summed E-state index contributed by atoms with van der Waals surface area (Å²) in [5, 5.41) is 2.82. The van der Waals surface area contributed by atoms with E-state index in [0.717, 1.165) is 39.0 Å². The van der Waals surface area contributed by atoms with E-state index in [1.165, 1.54) is 5.69 Å². The molecule has 1 unspecified atom stereocenters. The summed E-state index contributed by atoms with van der Waals surface area (Å²) in [5.41, 5.74) is 2.26. The Morgan fingerprint density at radius 3 is 2.58 bits per heavy atom. The second-order valence-electron chi connectivity index (χ2n) is 7.87. The van der Waals surface area contributed by atoms with E-state index in [9.17, 15) is 9.59 Å². The first-order valence-corrected chi connectivity index (χ1v) is 10.9. The number of piperazine rings is 1. The first-order valence-electron chi connectivity index (χ1n) is 10.9. The molecule has 1 amide bonds. The molecule has 4 rings (SSSR count). The summed E-state index contributed by atoms with van der Waals surface area (Å²) in [6, 6.07) is 17.3. The normalized spacial score (nSPS) is 19.2. The third kappa shape index (κ3) is 5.83. The van der Waals surface area contributed by atoms with Gasteiger partial charge in [0, 0.05) is 50.7 Å². The van der Waals surface area contributed by atoms with E-state index >= 15 is 0 Å². The van der Waals surface area contributed by atoms with Gasteiger partial charge in [0.05, 0.1) is 5.56 Å². The molecule has 2 aromatic carbocycles. The molecule has 0 radical (unpaired) electrons. The van der Waals surface area contributed by atoms with Gasteiger partial charge in [-0.05, 0) is 43.2 Å². The summed E-state index contributed by atoms with van der Waals surface area (Å²) in [6.45, 7) is 5.48. The molecular formula is C24H29N3O4. The van der Waals surface area contributed by atoms with Crippen LogP contribution in [0.3, 0.4) is 0 Å². The summed E-state index contributed by atoms with van der Waals surface area (Å²) in [4.78, 5) is 29.3. The van der Waals surface area contributed by atoms with Gasteiger partial charge < -0.3 is 19.7 Å². The third-order valence-corrected chi connectivity index (χ3v) is 5.72. The van der Waals surface area contributed by atoms with E-state index in [4.69, 9.17) is 9.47 Å². The average molecular weight is 424 g/mol. The van der Waals surface area contributed by atoms with Crippen LogP contribution in [0.25, 0.3) is 0 Å². The molecule has 1 atom stereocenters. The molecule has 7 heteroatoms. The molecule has 31 heavy (non-hydrogen) atoms. The Morgan fingerprint density at radius 1 is 1.03 bits per heavy atom. The van der Waals surface area contributed by atoms with Crippen molar-refractivity contribution in [3.05, 3.63) is 60.2 Å². The number of amides is 1. The van der Waals surface area contributed by atoms with Crippen LogP contribution < -0.4 is 10.2 Å². The number of para-hydroxylation sites is 1. The number of carbonyl (C=O) groups excluding carboxylic acids is 2. The van der Waals surface area contributed by atoms with Crippen molar-refractivity contribution in [2.75, 3.05) is 56.2 Å². The third-order valence-electron chi connectivity index (χ3n) is 5.72. The first-order chi connectivity index (χ1) is 15.2. The number of esters is 1. The van der Waals surface area contributed by atoms with Crippen molar-refractivity contribution in [2.24, 2.45) is 0 Å². The lowest BCUT2D eigenvalue weighted by molar-refractivity contribution is -0.124. The van der Waals surface area contributed by atoms with Gasteiger partial charge in [-0.2, -0.15) is 0 Å². The number of rotatable bonds is 7. The number of nitrogens with one attached hydrogen (secondary N) is 1. The fourth-order valence-corrected chi connectivity index (χ4v) is 3.95. The van der Waals surface area contributed by atoms with E-state index in [1.807, 2.05) is 6.07 Å².